The summed E-state index contributed by atoms with van der Waals surface area (Å²) in [6.07, 6.45) is 0. The molecule has 0 fully saturated rings. The lowest BCUT2D eigenvalue weighted by molar-refractivity contribution is 0.102. The van der Waals surface area contributed by atoms with Crippen LogP contribution in [0.25, 0.3) is 0 Å². The zero-order valence-electron chi connectivity index (χ0n) is 11.2. The van der Waals surface area contributed by atoms with Crippen LogP contribution in [-0.2, 0) is 0 Å². The molecule has 0 radical (unpaired) electrons. The van der Waals surface area contributed by atoms with E-state index < -0.39 is 0 Å². The third-order valence-corrected chi connectivity index (χ3v) is 4.59. The molecule has 0 bridgehead atoms. The molecule has 2 aromatic rings. The first-order chi connectivity index (χ1) is 10.0. The SMILES string of the molecule is CCNc1ccccc1C(=O)Nc1ccc(Br)c(Cl)c1Cl. The van der Waals surface area contributed by atoms with Crippen molar-refractivity contribution < 1.29 is 4.79 Å². The van der Waals surface area contributed by atoms with Gasteiger partial charge in [0.25, 0.3) is 5.91 Å². The molecule has 0 unspecified atom stereocenters. The van der Waals surface area contributed by atoms with Crippen LogP contribution in [0.15, 0.2) is 40.9 Å². The highest BCUT2D eigenvalue weighted by molar-refractivity contribution is 9.10. The number of carbonyl (C=O) groups is 1. The molecule has 0 aliphatic heterocycles. The first-order valence-corrected chi connectivity index (χ1v) is 7.87. The van der Waals surface area contributed by atoms with Crippen molar-refractivity contribution in [3.63, 3.8) is 0 Å². The highest BCUT2D eigenvalue weighted by atomic mass is 79.9. The molecule has 1 amide bonds. The van der Waals surface area contributed by atoms with Crippen molar-refractivity contribution in [2.75, 3.05) is 17.2 Å². The van der Waals surface area contributed by atoms with Gasteiger partial charge in [-0.3, -0.25) is 4.79 Å². The predicted molar refractivity (Wildman–Crippen MR) is 92.7 cm³/mol. The van der Waals surface area contributed by atoms with Gasteiger partial charge in [-0.1, -0.05) is 35.3 Å². The van der Waals surface area contributed by atoms with Crippen molar-refractivity contribution in [1.29, 1.82) is 0 Å². The molecule has 0 saturated heterocycles. The Bertz CT molecular complexity index is 677. The van der Waals surface area contributed by atoms with Gasteiger partial charge < -0.3 is 10.6 Å². The van der Waals surface area contributed by atoms with Gasteiger partial charge in [0.05, 0.1) is 21.3 Å². The smallest absolute Gasteiger partial charge is 0.257 e. The number of nitrogens with one attached hydrogen (secondary N) is 2. The van der Waals surface area contributed by atoms with Gasteiger partial charge in [0.15, 0.2) is 0 Å². The van der Waals surface area contributed by atoms with Gasteiger partial charge >= 0.3 is 0 Å². The van der Waals surface area contributed by atoms with Crippen LogP contribution in [0.1, 0.15) is 17.3 Å². The third kappa shape index (κ3) is 3.70. The summed E-state index contributed by atoms with van der Waals surface area (Å²) in [5, 5.41) is 6.60. The van der Waals surface area contributed by atoms with E-state index in [-0.39, 0.29) is 5.91 Å². The van der Waals surface area contributed by atoms with Crippen LogP contribution in [0, 0.1) is 0 Å². The summed E-state index contributed by atoms with van der Waals surface area (Å²) in [7, 11) is 0. The van der Waals surface area contributed by atoms with Crippen molar-refractivity contribution in [2.24, 2.45) is 0 Å². The average molecular weight is 388 g/mol. The molecule has 0 atom stereocenters. The second kappa shape index (κ2) is 7.16. The molecule has 0 aliphatic carbocycles. The normalized spacial score (nSPS) is 10.3. The number of hydrogen-bond acceptors (Lipinski definition) is 2. The lowest BCUT2D eigenvalue weighted by atomic mass is 10.1. The Labute approximate surface area is 141 Å². The topological polar surface area (TPSA) is 41.1 Å². The van der Waals surface area contributed by atoms with Crippen molar-refractivity contribution in [3.8, 4) is 0 Å². The number of hydrogen-bond donors (Lipinski definition) is 2. The number of halogens is 3. The number of amides is 1. The molecule has 0 aliphatic rings. The fourth-order valence-corrected chi connectivity index (χ4v) is 2.66. The first-order valence-electron chi connectivity index (χ1n) is 6.32. The summed E-state index contributed by atoms with van der Waals surface area (Å²) < 4.78 is 0.681. The van der Waals surface area contributed by atoms with Crippen molar-refractivity contribution in [1.82, 2.24) is 0 Å². The molecule has 0 heterocycles. The van der Waals surface area contributed by atoms with E-state index in [4.69, 9.17) is 23.2 Å². The maximum absolute atomic E-state index is 12.4. The van der Waals surface area contributed by atoms with Crippen LogP contribution in [0.5, 0.6) is 0 Å². The second-order valence-electron chi connectivity index (χ2n) is 4.25. The van der Waals surface area contributed by atoms with Gasteiger partial charge in [0.1, 0.15) is 0 Å². The monoisotopic (exact) mass is 386 g/mol. The molecular formula is C15H13BrCl2N2O. The van der Waals surface area contributed by atoms with Crippen molar-refractivity contribution >= 4 is 56.4 Å². The lowest BCUT2D eigenvalue weighted by Gasteiger charge is -2.12. The van der Waals surface area contributed by atoms with E-state index in [1.807, 2.05) is 25.1 Å². The molecule has 2 aromatic carbocycles. The Morgan fingerprint density at radius 2 is 1.81 bits per heavy atom. The minimum atomic E-state index is -0.244. The zero-order valence-corrected chi connectivity index (χ0v) is 14.3. The molecule has 2 N–H and O–H groups in total. The summed E-state index contributed by atoms with van der Waals surface area (Å²) in [6, 6.07) is 10.7. The van der Waals surface area contributed by atoms with Gasteiger partial charge in [0, 0.05) is 16.7 Å². The molecule has 0 saturated carbocycles. The molecule has 2 rings (SSSR count). The summed E-state index contributed by atoms with van der Waals surface area (Å²) in [5.41, 5.74) is 1.80. The number of anilines is 2. The van der Waals surface area contributed by atoms with Gasteiger partial charge in [0.2, 0.25) is 0 Å². The van der Waals surface area contributed by atoms with Crippen LogP contribution in [0.3, 0.4) is 0 Å². The number of benzene rings is 2. The van der Waals surface area contributed by atoms with Crippen molar-refractivity contribution in [2.45, 2.75) is 6.92 Å². The van der Waals surface area contributed by atoms with Gasteiger partial charge in [-0.2, -0.15) is 0 Å². The maximum atomic E-state index is 12.4. The highest BCUT2D eigenvalue weighted by Gasteiger charge is 2.14. The Morgan fingerprint density at radius 1 is 1.10 bits per heavy atom. The van der Waals surface area contributed by atoms with Gasteiger partial charge in [-0.05, 0) is 47.1 Å². The molecular weight excluding hydrogens is 375 g/mol. The van der Waals surface area contributed by atoms with E-state index in [9.17, 15) is 4.79 Å². The van der Waals surface area contributed by atoms with E-state index in [2.05, 4.69) is 26.6 Å². The summed E-state index contributed by atoms with van der Waals surface area (Å²) in [6.45, 7) is 2.70. The maximum Gasteiger partial charge on any atom is 0.257 e. The van der Waals surface area contributed by atoms with Crippen molar-refractivity contribution in [3.05, 3.63) is 56.5 Å². The van der Waals surface area contributed by atoms with E-state index in [0.717, 1.165) is 12.2 Å². The van der Waals surface area contributed by atoms with Crippen LogP contribution in [0.4, 0.5) is 11.4 Å². The number of carbonyl (C=O) groups excluding carboxylic acids is 1. The van der Waals surface area contributed by atoms with E-state index in [0.29, 0.717) is 25.8 Å². The number of para-hydroxylation sites is 1. The Hall–Kier alpha value is -1.23. The predicted octanol–water partition coefficient (Wildman–Crippen LogP) is 5.44. The van der Waals surface area contributed by atoms with Crippen LogP contribution >= 0.6 is 39.1 Å². The highest BCUT2D eigenvalue weighted by Crippen LogP contribution is 2.36. The van der Waals surface area contributed by atoms with Gasteiger partial charge in [-0.15, -0.1) is 0 Å². The minimum Gasteiger partial charge on any atom is -0.385 e. The largest absolute Gasteiger partial charge is 0.385 e. The molecule has 21 heavy (non-hydrogen) atoms. The summed E-state index contributed by atoms with van der Waals surface area (Å²) >= 11 is 15.5. The average Bonchev–Trinajstić information content (AvgIpc) is 2.49. The zero-order chi connectivity index (χ0) is 15.4. The molecule has 110 valence electrons. The second-order valence-corrected chi connectivity index (χ2v) is 5.86. The fraction of sp³-hybridized carbons (Fsp3) is 0.133. The van der Waals surface area contributed by atoms with Crippen LogP contribution in [-0.4, -0.2) is 12.5 Å². The summed E-state index contributed by atoms with van der Waals surface area (Å²) in [4.78, 5) is 12.4. The van der Waals surface area contributed by atoms with Crippen LogP contribution in [0.2, 0.25) is 10.0 Å². The summed E-state index contributed by atoms with van der Waals surface area (Å²) in [5.74, 6) is -0.244. The van der Waals surface area contributed by atoms with E-state index in [1.54, 1.807) is 18.2 Å². The quantitative estimate of drug-likeness (QED) is 0.685. The van der Waals surface area contributed by atoms with Crippen LogP contribution < -0.4 is 10.6 Å². The molecule has 3 nitrogen and oxygen atoms in total. The third-order valence-electron chi connectivity index (χ3n) is 2.82. The fourth-order valence-electron chi connectivity index (χ4n) is 1.84. The number of rotatable bonds is 4. The Morgan fingerprint density at radius 3 is 2.52 bits per heavy atom. The van der Waals surface area contributed by atoms with E-state index in [1.165, 1.54) is 0 Å². The minimum absolute atomic E-state index is 0.244. The first kappa shape index (κ1) is 16.1. The molecule has 0 aromatic heterocycles. The molecule has 0 spiro atoms. The van der Waals surface area contributed by atoms with Gasteiger partial charge in [-0.25, -0.2) is 0 Å². The lowest BCUT2D eigenvalue weighted by Crippen LogP contribution is -2.15. The Kier molecular flexibility index (Phi) is 5.51. The Balaban J connectivity index is 2.29. The van der Waals surface area contributed by atoms with E-state index >= 15 is 0 Å². The standard InChI is InChI=1S/C15H13BrCl2N2O/c1-2-19-11-6-4-3-5-9(11)15(21)20-12-8-7-10(16)13(17)14(12)18/h3-8,19H,2H2,1H3,(H,20,21). The molecule has 6 heteroatoms.